The first-order valence-electron chi connectivity index (χ1n) is 11.2. The van der Waals surface area contributed by atoms with Crippen molar-refractivity contribution in [1.82, 2.24) is 10.2 Å². The SMILES string of the molecule is CC(CC(=O)N1CCC(C(=O)O)(C(F)(F)F)C1)NC(=O)OCC1c2ccccc2-c2ccccc21. The van der Waals surface area contributed by atoms with Crippen LogP contribution in [-0.2, 0) is 14.3 Å². The summed E-state index contributed by atoms with van der Waals surface area (Å²) in [6.45, 7) is 0.355. The Balaban J connectivity index is 1.31. The number of carbonyl (C=O) groups excluding carboxylic acids is 2. The summed E-state index contributed by atoms with van der Waals surface area (Å²) >= 11 is 0. The lowest BCUT2D eigenvalue weighted by Gasteiger charge is -2.27. The summed E-state index contributed by atoms with van der Waals surface area (Å²) in [5, 5.41) is 11.7. The van der Waals surface area contributed by atoms with E-state index in [0.717, 1.165) is 27.2 Å². The number of hydrogen-bond acceptors (Lipinski definition) is 4. The van der Waals surface area contributed by atoms with E-state index in [9.17, 15) is 27.6 Å². The Morgan fingerprint density at radius 2 is 1.69 bits per heavy atom. The van der Waals surface area contributed by atoms with Crippen molar-refractivity contribution >= 4 is 18.0 Å². The number of nitrogens with zero attached hydrogens (tertiary/aromatic N) is 1. The highest BCUT2D eigenvalue weighted by molar-refractivity contribution is 5.82. The zero-order valence-electron chi connectivity index (χ0n) is 19.0. The van der Waals surface area contributed by atoms with Gasteiger partial charge in [0, 0.05) is 31.5 Å². The number of alkyl halides is 3. The molecule has 4 rings (SSSR count). The second-order valence-corrected chi connectivity index (χ2v) is 9.03. The number of ether oxygens (including phenoxy) is 1. The van der Waals surface area contributed by atoms with Gasteiger partial charge < -0.3 is 20.1 Å². The number of halogens is 3. The summed E-state index contributed by atoms with van der Waals surface area (Å²) in [6.07, 6.45) is -6.70. The normalized spacial score (nSPS) is 20.2. The molecule has 0 spiro atoms. The van der Waals surface area contributed by atoms with Gasteiger partial charge in [0.2, 0.25) is 5.91 Å². The van der Waals surface area contributed by atoms with Crippen LogP contribution in [0.25, 0.3) is 11.1 Å². The fraction of sp³-hybridized carbons (Fsp3) is 0.400. The maximum Gasteiger partial charge on any atom is 0.407 e. The van der Waals surface area contributed by atoms with E-state index in [-0.39, 0.29) is 25.5 Å². The Bertz CT molecular complexity index is 1110. The van der Waals surface area contributed by atoms with Crippen molar-refractivity contribution < 1.29 is 37.4 Å². The molecule has 2 amide bonds. The van der Waals surface area contributed by atoms with E-state index in [1.165, 1.54) is 6.92 Å². The number of fused-ring (bicyclic) bond motifs is 3. The summed E-state index contributed by atoms with van der Waals surface area (Å²) in [6, 6.07) is 15.0. The predicted molar refractivity (Wildman–Crippen MR) is 120 cm³/mol. The number of alkyl carbamates (subject to hydrolysis) is 1. The zero-order valence-corrected chi connectivity index (χ0v) is 19.0. The minimum Gasteiger partial charge on any atom is -0.481 e. The largest absolute Gasteiger partial charge is 0.481 e. The highest BCUT2D eigenvalue weighted by Gasteiger charge is 2.64. The second kappa shape index (κ2) is 9.24. The average molecular weight is 490 g/mol. The standard InChI is InChI=1S/C25H25F3N2O5/c1-15(12-21(31)30-11-10-24(14-30,22(32)33)25(26,27)28)29-23(34)35-13-20-18-8-4-2-6-16(18)17-7-3-5-9-19(17)20/h2-9,15,20H,10-14H2,1H3,(H,29,34)(H,32,33). The van der Waals surface area contributed by atoms with Gasteiger partial charge in [-0.05, 0) is 35.6 Å². The Hall–Kier alpha value is -3.56. The number of amides is 2. The number of hydrogen-bond donors (Lipinski definition) is 2. The highest BCUT2D eigenvalue weighted by atomic mass is 19.4. The molecular weight excluding hydrogens is 465 g/mol. The summed E-state index contributed by atoms with van der Waals surface area (Å²) in [5.74, 6) is -2.80. The van der Waals surface area contributed by atoms with Crippen molar-refractivity contribution in [3.63, 3.8) is 0 Å². The number of aliphatic carboxylic acids is 1. The van der Waals surface area contributed by atoms with Gasteiger partial charge in [-0.25, -0.2) is 4.79 Å². The fourth-order valence-electron chi connectivity index (χ4n) is 4.83. The lowest BCUT2D eigenvalue weighted by Crippen LogP contribution is -2.48. The van der Waals surface area contributed by atoms with Gasteiger partial charge in [0.25, 0.3) is 0 Å². The van der Waals surface area contributed by atoms with Gasteiger partial charge >= 0.3 is 18.2 Å². The summed E-state index contributed by atoms with van der Waals surface area (Å²) in [4.78, 5) is 37.1. The van der Waals surface area contributed by atoms with Crippen molar-refractivity contribution in [2.75, 3.05) is 19.7 Å². The molecule has 2 N–H and O–H groups in total. The Kier molecular flexibility index (Phi) is 6.48. The van der Waals surface area contributed by atoms with Crippen molar-refractivity contribution in [2.45, 2.75) is 37.9 Å². The monoisotopic (exact) mass is 490 g/mol. The van der Waals surface area contributed by atoms with Gasteiger partial charge in [-0.2, -0.15) is 13.2 Å². The van der Waals surface area contributed by atoms with Crippen molar-refractivity contribution in [3.05, 3.63) is 59.7 Å². The van der Waals surface area contributed by atoms with Gasteiger partial charge in [0.1, 0.15) is 6.61 Å². The van der Waals surface area contributed by atoms with Crippen molar-refractivity contribution in [3.8, 4) is 11.1 Å². The van der Waals surface area contributed by atoms with Crippen LogP contribution in [0, 0.1) is 5.41 Å². The number of nitrogens with one attached hydrogen (secondary N) is 1. The molecular formula is C25H25F3N2O5. The number of carboxylic acid groups (broad SMARTS) is 1. The first kappa shape index (κ1) is 24.6. The number of carboxylic acids is 1. The molecule has 1 aliphatic carbocycles. The summed E-state index contributed by atoms with van der Waals surface area (Å²) < 4.78 is 45.5. The van der Waals surface area contributed by atoms with E-state index >= 15 is 0 Å². The first-order valence-corrected chi connectivity index (χ1v) is 11.2. The summed E-state index contributed by atoms with van der Waals surface area (Å²) in [5.41, 5.74) is 1.29. The minimum atomic E-state index is -4.97. The van der Waals surface area contributed by atoms with Crippen LogP contribution in [0.2, 0.25) is 0 Å². The predicted octanol–water partition coefficient (Wildman–Crippen LogP) is 4.17. The molecule has 1 heterocycles. The molecule has 10 heteroatoms. The molecule has 186 valence electrons. The maximum absolute atomic E-state index is 13.3. The van der Waals surface area contributed by atoms with Crippen molar-refractivity contribution in [1.29, 1.82) is 0 Å². The topological polar surface area (TPSA) is 95.9 Å². The third kappa shape index (κ3) is 4.56. The number of rotatable bonds is 6. The van der Waals surface area contributed by atoms with E-state index in [0.29, 0.717) is 0 Å². The van der Waals surface area contributed by atoms with Crippen LogP contribution < -0.4 is 5.32 Å². The Morgan fingerprint density at radius 3 is 2.20 bits per heavy atom. The second-order valence-electron chi connectivity index (χ2n) is 9.03. The molecule has 7 nitrogen and oxygen atoms in total. The Morgan fingerprint density at radius 1 is 1.11 bits per heavy atom. The molecule has 0 radical (unpaired) electrons. The van der Waals surface area contributed by atoms with E-state index in [1.807, 2.05) is 48.5 Å². The number of benzene rings is 2. The van der Waals surface area contributed by atoms with Gasteiger partial charge in [-0.3, -0.25) is 9.59 Å². The van der Waals surface area contributed by atoms with Crippen LogP contribution in [0.1, 0.15) is 36.8 Å². The molecule has 1 aliphatic heterocycles. The first-order chi connectivity index (χ1) is 16.5. The van der Waals surface area contributed by atoms with Crippen LogP contribution in [-0.4, -0.2) is 59.9 Å². The Labute approximate surface area is 199 Å². The molecule has 1 fully saturated rings. The van der Waals surface area contributed by atoms with Crippen LogP contribution in [0.3, 0.4) is 0 Å². The molecule has 0 saturated carbocycles. The lowest BCUT2D eigenvalue weighted by atomic mass is 9.86. The lowest BCUT2D eigenvalue weighted by molar-refractivity contribution is -0.227. The van der Waals surface area contributed by atoms with E-state index in [4.69, 9.17) is 9.84 Å². The maximum atomic E-state index is 13.3. The van der Waals surface area contributed by atoms with Crippen molar-refractivity contribution in [2.24, 2.45) is 5.41 Å². The van der Waals surface area contributed by atoms with E-state index < -0.39 is 48.6 Å². The number of likely N-dealkylation sites (tertiary alicyclic amines) is 1. The fourth-order valence-corrected chi connectivity index (χ4v) is 4.83. The molecule has 2 atom stereocenters. The van der Waals surface area contributed by atoms with Gasteiger partial charge in [-0.1, -0.05) is 48.5 Å². The van der Waals surface area contributed by atoms with Crippen LogP contribution in [0.4, 0.5) is 18.0 Å². The molecule has 0 aromatic heterocycles. The van der Waals surface area contributed by atoms with Gasteiger partial charge in [0.05, 0.1) is 0 Å². The quantitative estimate of drug-likeness (QED) is 0.634. The van der Waals surface area contributed by atoms with Crippen LogP contribution in [0.15, 0.2) is 48.5 Å². The van der Waals surface area contributed by atoms with Crippen LogP contribution >= 0.6 is 0 Å². The van der Waals surface area contributed by atoms with Gasteiger partial charge in [-0.15, -0.1) is 0 Å². The highest BCUT2D eigenvalue weighted by Crippen LogP contribution is 2.46. The summed E-state index contributed by atoms with van der Waals surface area (Å²) in [7, 11) is 0. The molecule has 2 unspecified atom stereocenters. The third-order valence-corrected chi connectivity index (χ3v) is 6.76. The number of carbonyl (C=O) groups is 3. The smallest absolute Gasteiger partial charge is 0.407 e. The molecule has 2 aromatic carbocycles. The van der Waals surface area contributed by atoms with E-state index in [2.05, 4.69) is 5.32 Å². The van der Waals surface area contributed by atoms with E-state index in [1.54, 1.807) is 0 Å². The molecule has 2 aliphatic rings. The average Bonchev–Trinajstić information content (AvgIpc) is 3.39. The minimum absolute atomic E-state index is 0.0827. The molecule has 0 bridgehead atoms. The zero-order chi connectivity index (χ0) is 25.4. The molecule has 2 aromatic rings. The molecule has 1 saturated heterocycles. The third-order valence-electron chi connectivity index (χ3n) is 6.76. The molecule has 35 heavy (non-hydrogen) atoms. The van der Waals surface area contributed by atoms with Gasteiger partial charge in [0.15, 0.2) is 5.41 Å². The van der Waals surface area contributed by atoms with Crippen LogP contribution in [0.5, 0.6) is 0 Å².